The van der Waals surface area contributed by atoms with Crippen LogP contribution in [0.5, 0.6) is 0 Å². The molecule has 1 aromatic carbocycles. The van der Waals surface area contributed by atoms with Crippen molar-refractivity contribution in [3.8, 4) is 0 Å². The first-order chi connectivity index (χ1) is 12.4. The predicted molar refractivity (Wildman–Crippen MR) is 105 cm³/mol. The van der Waals surface area contributed by atoms with Crippen molar-refractivity contribution in [2.24, 2.45) is 17.6 Å². The summed E-state index contributed by atoms with van der Waals surface area (Å²) in [7, 11) is 0. The maximum atomic E-state index is 12.8. The van der Waals surface area contributed by atoms with Gasteiger partial charge in [-0.25, -0.2) is 4.79 Å². The molecule has 2 unspecified atom stereocenters. The van der Waals surface area contributed by atoms with E-state index >= 15 is 0 Å². The Labute approximate surface area is 157 Å². The van der Waals surface area contributed by atoms with Gasteiger partial charge in [0.1, 0.15) is 6.04 Å². The van der Waals surface area contributed by atoms with E-state index in [9.17, 15) is 9.59 Å². The number of nitrogens with two attached hydrogens (primary N) is 1. The van der Waals surface area contributed by atoms with Crippen LogP contribution in [0.15, 0.2) is 24.3 Å². The number of hydrogen-bond acceptors (Lipinski definition) is 2. The minimum absolute atomic E-state index is 0.00938. The molecule has 1 heterocycles. The predicted octanol–water partition coefficient (Wildman–Crippen LogP) is 3.25. The van der Waals surface area contributed by atoms with E-state index in [4.69, 9.17) is 5.73 Å². The Morgan fingerprint density at radius 3 is 2.38 bits per heavy atom. The molecule has 1 aliphatic rings. The lowest BCUT2D eigenvalue weighted by Gasteiger charge is -2.35. The van der Waals surface area contributed by atoms with Crippen LogP contribution < -0.4 is 11.1 Å². The van der Waals surface area contributed by atoms with Crippen LogP contribution in [-0.4, -0.2) is 36.0 Å². The number of amides is 3. The third-order valence-electron chi connectivity index (χ3n) is 5.66. The van der Waals surface area contributed by atoms with E-state index in [0.29, 0.717) is 5.92 Å². The lowest BCUT2D eigenvalue weighted by molar-refractivity contribution is -0.135. The van der Waals surface area contributed by atoms with Crippen molar-refractivity contribution >= 4 is 11.9 Å². The van der Waals surface area contributed by atoms with Crippen LogP contribution in [0.3, 0.4) is 0 Å². The molecular formula is C21H33N3O2. The first kappa shape index (κ1) is 20.3. The highest BCUT2D eigenvalue weighted by atomic mass is 16.2. The maximum Gasteiger partial charge on any atom is 0.312 e. The first-order valence-electron chi connectivity index (χ1n) is 9.81. The summed E-state index contributed by atoms with van der Waals surface area (Å²) < 4.78 is 0. The number of urea groups is 1. The fourth-order valence-corrected chi connectivity index (χ4v) is 3.60. The molecule has 2 atom stereocenters. The third kappa shape index (κ3) is 5.75. The number of nitrogens with one attached hydrogen (secondary N) is 1. The minimum Gasteiger partial charge on any atom is -0.352 e. The summed E-state index contributed by atoms with van der Waals surface area (Å²) in [5, 5.41) is 2.64. The molecule has 1 fully saturated rings. The first-order valence-corrected chi connectivity index (χ1v) is 9.81. The zero-order valence-corrected chi connectivity index (χ0v) is 16.3. The molecule has 3 amide bonds. The van der Waals surface area contributed by atoms with E-state index in [1.807, 2.05) is 18.7 Å². The Bertz CT molecular complexity index is 592. The summed E-state index contributed by atoms with van der Waals surface area (Å²) in [6.07, 6.45) is 5.14. The third-order valence-corrected chi connectivity index (χ3v) is 5.66. The van der Waals surface area contributed by atoms with Gasteiger partial charge >= 0.3 is 6.03 Å². The van der Waals surface area contributed by atoms with Gasteiger partial charge in [0.25, 0.3) is 0 Å². The number of primary amides is 1. The summed E-state index contributed by atoms with van der Waals surface area (Å²) in [5.74, 6) is 0.746. The number of rotatable bonds is 7. The number of benzene rings is 1. The standard InChI is InChI=1S/C21H33N3O2/c1-4-16(3)19(23-21(22)26)20(25)24-13-11-18(12-14-24)10-9-17-7-5-15(2)6-8-17/h5-8,16,18-19H,4,9-14H2,1-3H3,(H3,22,23,26). The van der Waals surface area contributed by atoms with E-state index in [-0.39, 0.29) is 11.8 Å². The molecule has 3 N–H and O–H groups in total. The van der Waals surface area contributed by atoms with Crippen molar-refractivity contribution in [2.45, 2.75) is 58.9 Å². The number of carbonyl (C=O) groups is 2. The summed E-state index contributed by atoms with van der Waals surface area (Å²) in [6.45, 7) is 7.64. The molecule has 0 spiro atoms. The summed E-state index contributed by atoms with van der Waals surface area (Å²) in [5.41, 5.74) is 7.94. The highest BCUT2D eigenvalue weighted by molar-refractivity contribution is 5.86. The zero-order valence-electron chi connectivity index (χ0n) is 16.3. The molecule has 1 aromatic rings. The SMILES string of the molecule is CCC(C)C(NC(N)=O)C(=O)N1CCC(CCc2ccc(C)cc2)CC1. The smallest absolute Gasteiger partial charge is 0.312 e. The Hall–Kier alpha value is -2.04. The number of hydrogen-bond donors (Lipinski definition) is 2. The molecule has 0 aliphatic carbocycles. The molecule has 0 bridgehead atoms. The van der Waals surface area contributed by atoms with Gasteiger partial charge in [-0.3, -0.25) is 4.79 Å². The van der Waals surface area contributed by atoms with Gasteiger partial charge in [0.15, 0.2) is 0 Å². The molecule has 2 rings (SSSR count). The molecule has 26 heavy (non-hydrogen) atoms. The van der Waals surface area contributed by atoms with E-state index < -0.39 is 12.1 Å². The van der Waals surface area contributed by atoms with Crippen molar-refractivity contribution in [1.29, 1.82) is 0 Å². The summed E-state index contributed by atoms with van der Waals surface area (Å²) in [4.78, 5) is 26.0. The van der Waals surface area contributed by atoms with Gasteiger partial charge < -0.3 is 16.0 Å². The lowest BCUT2D eigenvalue weighted by atomic mass is 9.89. The highest BCUT2D eigenvalue weighted by Gasteiger charge is 2.31. The van der Waals surface area contributed by atoms with Crippen LogP contribution in [0.4, 0.5) is 4.79 Å². The number of nitrogens with zero attached hydrogens (tertiary/aromatic N) is 1. The number of likely N-dealkylation sites (tertiary alicyclic amines) is 1. The van der Waals surface area contributed by atoms with Gasteiger partial charge in [-0.15, -0.1) is 0 Å². The Morgan fingerprint density at radius 2 is 1.85 bits per heavy atom. The van der Waals surface area contributed by atoms with Crippen LogP contribution in [0, 0.1) is 18.8 Å². The van der Waals surface area contributed by atoms with E-state index in [1.54, 1.807) is 0 Å². The molecule has 5 heteroatoms. The normalized spacial score (nSPS) is 17.6. The van der Waals surface area contributed by atoms with Gasteiger partial charge in [-0.2, -0.15) is 0 Å². The van der Waals surface area contributed by atoms with Gasteiger partial charge in [-0.1, -0.05) is 50.1 Å². The van der Waals surface area contributed by atoms with Crippen molar-refractivity contribution in [3.05, 3.63) is 35.4 Å². The zero-order chi connectivity index (χ0) is 19.1. The Kier molecular flexibility index (Phi) is 7.49. The van der Waals surface area contributed by atoms with E-state index in [1.165, 1.54) is 17.5 Å². The van der Waals surface area contributed by atoms with E-state index in [2.05, 4.69) is 36.5 Å². The second-order valence-corrected chi connectivity index (χ2v) is 7.66. The average Bonchev–Trinajstić information content (AvgIpc) is 2.65. The fraction of sp³-hybridized carbons (Fsp3) is 0.619. The number of aryl methyl sites for hydroxylation is 2. The molecular weight excluding hydrogens is 326 g/mol. The van der Waals surface area contributed by atoms with Gasteiger partial charge in [0, 0.05) is 13.1 Å². The van der Waals surface area contributed by atoms with Gasteiger partial charge in [0.05, 0.1) is 0 Å². The van der Waals surface area contributed by atoms with Crippen LogP contribution in [0.25, 0.3) is 0 Å². The number of piperidine rings is 1. The van der Waals surface area contributed by atoms with Crippen LogP contribution in [0.2, 0.25) is 0 Å². The van der Waals surface area contributed by atoms with Gasteiger partial charge in [-0.05, 0) is 50.0 Å². The monoisotopic (exact) mass is 359 g/mol. The maximum absolute atomic E-state index is 12.8. The topological polar surface area (TPSA) is 75.4 Å². The second-order valence-electron chi connectivity index (χ2n) is 7.66. The van der Waals surface area contributed by atoms with Crippen LogP contribution in [0.1, 0.15) is 50.7 Å². The molecule has 1 aliphatic heterocycles. The molecule has 144 valence electrons. The molecule has 0 saturated carbocycles. The molecule has 5 nitrogen and oxygen atoms in total. The molecule has 0 aromatic heterocycles. The quantitative estimate of drug-likeness (QED) is 0.784. The second kappa shape index (κ2) is 9.60. The molecule has 1 saturated heterocycles. The van der Waals surface area contributed by atoms with Crippen LogP contribution >= 0.6 is 0 Å². The highest BCUT2D eigenvalue weighted by Crippen LogP contribution is 2.24. The Balaban J connectivity index is 1.83. The minimum atomic E-state index is -0.628. The van der Waals surface area contributed by atoms with E-state index in [0.717, 1.165) is 38.8 Å². The fourth-order valence-electron chi connectivity index (χ4n) is 3.60. The average molecular weight is 360 g/mol. The van der Waals surface area contributed by atoms with Crippen LogP contribution in [-0.2, 0) is 11.2 Å². The molecule has 0 radical (unpaired) electrons. The number of carbonyl (C=O) groups excluding carboxylic acids is 2. The van der Waals surface area contributed by atoms with Gasteiger partial charge in [0.2, 0.25) is 5.91 Å². The Morgan fingerprint density at radius 1 is 1.23 bits per heavy atom. The van der Waals surface area contributed by atoms with Crippen molar-refractivity contribution in [2.75, 3.05) is 13.1 Å². The summed E-state index contributed by atoms with van der Waals surface area (Å²) in [6, 6.07) is 7.60. The van der Waals surface area contributed by atoms with Crippen molar-refractivity contribution in [3.63, 3.8) is 0 Å². The van der Waals surface area contributed by atoms with Crippen molar-refractivity contribution < 1.29 is 9.59 Å². The summed E-state index contributed by atoms with van der Waals surface area (Å²) >= 11 is 0. The largest absolute Gasteiger partial charge is 0.352 e. The van der Waals surface area contributed by atoms with Crippen molar-refractivity contribution in [1.82, 2.24) is 10.2 Å². The lowest BCUT2D eigenvalue weighted by Crippen LogP contribution is -2.54.